The Morgan fingerprint density at radius 2 is 1.82 bits per heavy atom. The Bertz CT molecular complexity index is 179. The van der Waals surface area contributed by atoms with E-state index in [-0.39, 0.29) is 0 Å². The molecule has 3 unspecified atom stereocenters. The van der Waals surface area contributed by atoms with Gasteiger partial charge >= 0.3 is 0 Å². The van der Waals surface area contributed by atoms with Crippen molar-refractivity contribution in [2.75, 3.05) is 0 Å². The van der Waals surface area contributed by atoms with E-state index in [4.69, 9.17) is 0 Å². The standard InChI is InChI=1S/C10H18S/c1-9(2)7-4-5-10(3,11)6-8(7)9/h7-8,11H,4-6H2,1-3H3. The molecular weight excluding hydrogens is 152 g/mol. The molecular formula is C10H18S. The van der Waals surface area contributed by atoms with Gasteiger partial charge in [-0.1, -0.05) is 20.8 Å². The monoisotopic (exact) mass is 170 g/mol. The van der Waals surface area contributed by atoms with Gasteiger partial charge in [0.1, 0.15) is 0 Å². The third-order valence-corrected chi connectivity index (χ3v) is 4.35. The first-order valence-electron chi connectivity index (χ1n) is 4.66. The highest BCUT2D eigenvalue weighted by molar-refractivity contribution is 7.81. The third kappa shape index (κ3) is 1.12. The van der Waals surface area contributed by atoms with Crippen LogP contribution in [0.25, 0.3) is 0 Å². The van der Waals surface area contributed by atoms with Crippen LogP contribution in [-0.2, 0) is 0 Å². The average molecular weight is 170 g/mol. The number of rotatable bonds is 0. The third-order valence-electron chi connectivity index (χ3n) is 3.94. The van der Waals surface area contributed by atoms with Gasteiger partial charge < -0.3 is 0 Å². The van der Waals surface area contributed by atoms with Crippen molar-refractivity contribution in [3.05, 3.63) is 0 Å². The van der Waals surface area contributed by atoms with E-state index in [1.165, 1.54) is 19.3 Å². The molecule has 0 saturated heterocycles. The molecule has 2 saturated carbocycles. The molecule has 0 aromatic carbocycles. The van der Waals surface area contributed by atoms with Gasteiger partial charge in [0.15, 0.2) is 0 Å². The van der Waals surface area contributed by atoms with E-state index in [0.717, 1.165) is 11.8 Å². The quantitative estimate of drug-likeness (QED) is 0.531. The van der Waals surface area contributed by atoms with Crippen LogP contribution in [0, 0.1) is 17.3 Å². The molecule has 0 radical (unpaired) electrons. The molecule has 2 aliphatic rings. The van der Waals surface area contributed by atoms with Crippen molar-refractivity contribution in [2.24, 2.45) is 17.3 Å². The second kappa shape index (κ2) is 1.99. The van der Waals surface area contributed by atoms with E-state index in [9.17, 15) is 0 Å². The molecule has 0 heterocycles. The molecule has 0 aliphatic heterocycles. The minimum atomic E-state index is 0.342. The fourth-order valence-electron chi connectivity index (χ4n) is 2.88. The fraction of sp³-hybridized carbons (Fsp3) is 1.00. The van der Waals surface area contributed by atoms with Crippen molar-refractivity contribution in [3.63, 3.8) is 0 Å². The molecule has 11 heavy (non-hydrogen) atoms. The van der Waals surface area contributed by atoms with Gasteiger partial charge in [-0.15, -0.1) is 0 Å². The van der Waals surface area contributed by atoms with Crippen LogP contribution in [0.2, 0.25) is 0 Å². The first kappa shape index (κ1) is 7.97. The lowest BCUT2D eigenvalue weighted by molar-refractivity contribution is 0.405. The molecule has 3 atom stereocenters. The molecule has 0 N–H and O–H groups in total. The van der Waals surface area contributed by atoms with Crippen LogP contribution in [0.5, 0.6) is 0 Å². The van der Waals surface area contributed by atoms with E-state index in [2.05, 4.69) is 33.4 Å². The summed E-state index contributed by atoms with van der Waals surface area (Å²) in [6, 6.07) is 0. The molecule has 0 amide bonds. The molecule has 2 aliphatic carbocycles. The zero-order chi connectivity index (χ0) is 8.28. The van der Waals surface area contributed by atoms with Crippen molar-refractivity contribution in [1.29, 1.82) is 0 Å². The molecule has 1 heteroatoms. The Labute approximate surface area is 75.2 Å². The Kier molecular flexibility index (Phi) is 1.44. The summed E-state index contributed by atoms with van der Waals surface area (Å²) in [6.07, 6.45) is 4.08. The Morgan fingerprint density at radius 1 is 1.18 bits per heavy atom. The van der Waals surface area contributed by atoms with Crippen LogP contribution in [0.15, 0.2) is 0 Å². The maximum Gasteiger partial charge on any atom is 0.0104 e. The maximum atomic E-state index is 4.68. The summed E-state index contributed by atoms with van der Waals surface area (Å²) in [7, 11) is 0. The Hall–Kier alpha value is 0.350. The summed E-state index contributed by atoms with van der Waals surface area (Å²) >= 11 is 4.68. The first-order chi connectivity index (χ1) is 4.93. The maximum absolute atomic E-state index is 4.68. The summed E-state index contributed by atoms with van der Waals surface area (Å²) in [4.78, 5) is 0. The van der Waals surface area contributed by atoms with Gasteiger partial charge in [0.05, 0.1) is 0 Å². The van der Waals surface area contributed by atoms with Crippen molar-refractivity contribution >= 4 is 12.6 Å². The van der Waals surface area contributed by atoms with Gasteiger partial charge in [0.25, 0.3) is 0 Å². The molecule has 0 bridgehead atoms. The van der Waals surface area contributed by atoms with Gasteiger partial charge in [-0.05, 0) is 36.5 Å². The molecule has 0 aromatic heterocycles. The summed E-state index contributed by atoms with van der Waals surface area (Å²) in [5, 5.41) is 0. The van der Waals surface area contributed by atoms with Crippen LogP contribution in [0.1, 0.15) is 40.0 Å². The second-order valence-corrected chi connectivity index (χ2v) is 6.35. The van der Waals surface area contributed by atoms with E-state index in [0.29, 0.717) is 10.2 Å². The van der Waals surface area contributed by atoms with Gasteiger partial charge in [-0.3, -0.25) is 0 Å². The van der Waals surface area contributed by atoms with E-state index >= 15 is 0 Å². The molecule has 2 fully saturated rings. The SMILES string of the molecule is CC1(S)CCC2C(C1)C2(C)C. The minimum Gasteiger partial charge on any atom is -0.173 e. The normalized spacial score (nSPS) is 53.5. The van der Waals surface area contributed by atoms with Crippen molar-refractivity contribution < 1.29 is 0 Å². The number of thiol groups is 1. The first-order valence-corrected chi connectivity index (χ1v) is 5.11. The summed E-state index contributed by atoms with van der Waals surface area (Å²) < 4.78 is 0.342. The Morgan fingerprint density at radius 3 is 2.27 bits per heavy atom. The van der Waals surface area contributed by atoms with E-state index in [1.807, 2.05) is 0 Å². The zero-order valence-electron chi connectivity index (χ0n) is 7.72. The molecule has 0 nitrogen and oxygen atoms in total. The lowest BCUT2D eigenvalue weighted by Crippen LogP contribution is -2.21. The molecule has 0 aromatic rings. The van der Waals surface area contributed by atoms with Crippen molar-refractivity contribution in [1.82, 2.24) is 0 Å². The summed E-state index contributed by atoms with van der Waals surface area (Å²) in [5.74, 6) is 2.02. The Balaban J connectivity index is 2.08. The highest BCUT2D eigenvalue weighted by atomic mass is 32.1. The minimum absolute atomic E-state index is 0.342. The van der Waals surface area contributed by atoms with Gasteiger partial charge in [-0.25, -0.2) is 0 Å². The number of hydrogen-bond acceptors (Lipinski definition) is 1. The van der Waals surface area contributed by atoms with Crippen LogP contribution in [-0.4, -0.2) is 4.75 Å². The van der Waals surface area contributed by atoms with Crippen LogP contribution < -0.4 is 0 Å². The van der Waals surface area contributed by atoms with E-state index in [1.54, 1.807) is 0 Å². The predicted molar refractivity (Wildman–Crippen MR) is 52.0 cm³/mol. The van der Waals surface area contributed by atoms with Crippen LogP contribution in [0.4, 0.5) is 0 Å². The number of hydrogen-bond donors (Lipinski definition) is 1. The topological polar surface area (TPSA) is 0 Å². The van der Waals surface area contributed by atoms with Gasteiger partial charge in [0, 0.05) is 4.75 Å². The predicted octanol–water partition coefficient (Wildman–Crippen LogP) is 3.13. The van der Waals surface area contributed by atoms with E-state index < -0.39 is 0 Å². The number of fused-ring (bicyclic) bond motifs is 1. The fourth-order valence-corrected chi connectivity index (χ4v) is 3.20. The second-order valence-electron chi connectivity index (χ2n) is 5.27. The highest BCUT2D eigenvalue weighted by Crippen LogP contribution is 2.67. The molecule has 0 spiro atoms. The van der Waals surface area contributed by atoms with Crippen LogP contribution >= 0.6 is 12.6 Å². The summed E-state index contributed by atoms with van der Waals surface area (Å²) in [6.45, 7) is 7.12. The lowest BCUT2D eigenvalue weighted by Gasteiger charge is -2.27. The lowest BCUT2D eigenvalue weighted by atomic mass is 9.90. The molecule has 64 valence electrons. The van der Waals surface area contributed by atoms with Crippen LogP contribution in [0.3, 0.4) is 0 Å². The summed E-state index contributed by atoms with van der Waals surface area (Å²) in [5.41, 5.74) is 0.653. The van der Waals surface area contributed by atoms with Crippen molar-refractivity contribution in [3.8, 4) is 0 Å². The zero-order valence-corrected chi connectivity index (χ0v) is 8.62. The van der Waals surface area contributed by atoms with Gasteiger partial charge in [-0.2, -0.15) is 12.6 Å². The largest absolute Gasteiger partial charge is 0.173 e. The smallest absolute Gasteiger partial charge is 0.0104 e. The van der Waals surface area contributed by atoms with Gasteiger partial charge in [0.2, 0.25) is 0 Å². The van der Waals surface area contributed by atoms with Crippen molar-refractivity contribution in [2.45, 2.75) is 44.8 Å². The average Bonchev–Trinajstić information content (AvgIpc) is 2.32. The highest BCUT2D eigenvalue weighted by Gasteiger charge is 2.60. The molecule has 2 rings (SSSR count).